The molecule has 3 amide bonds. The van der Waals surface area contributed by atoms with Gasteiger partial charge in [-0.3, -0.25) is 14.5 Å². The summed E-state index contributed by atoms with van der Waals surface area (Å²) < 4.78 is 5.17. The number of imide groups is 1. The summed E-state index contributed by atoms with van der Waals surface area (Å²) >= 11 is 5.81. The van der Waals surface area contributed by atoms with E-state index in [9.17, 15) is 14.4 Å². The number of nitrogens with one attached hydrogen (secondary N) is 1. The molecule has 3 rings (SSSR count). The van der Waals surface area contributed by atoms with Crippen LogP contribution in [0.1, 0.15) is 24.5 Å². The molecule has 0 aromatic heterocycles. The Kier molecular flexibility index (Phi) is 5.99. The van der Waals surface area contributed by atoms with Crippen LogP contribution in [0.3, 0.4) is 0 Å². The molecule has 1 atom stereocenters. The first-order valence-corrected chi connectivity index (χ1v) is 9.33. The second-order valence-electron chi connectivity index (χ2n) is 6.93. The van der Waals surface area contributed by atoms with Crippen molar-refractivity contribution in [2.75, 3.05) is 6.54 Å². The first-order chi connectivity index (χ1) is 13.4. The van der Waals surface area contributed by atoms with E-state index in [4.69, 9.17) is 16.3 Å². The maximum atomic E-state index is 12.7. The monoisotopic (exact) mass is 400 g/mol. The topological polar surface area (TPSA) is 75.7 Å². The van der Waals surface area contributed by atoms with Crippen LogP contribution in [0.25, 0.3) is 0 Å². The number of carbonyl (C=O) groups excluding carboxylic acids is 3. The van der Waals surface area contributed by atoms with E-state index in [0.29, 0.717) is 17.9 Å². The van der Waals surface area contributed by atoms with Crippen LogP contribution < -0.4 is 5.32 Å². The van der Waals surface area contributed by atoms with Gasteiger partial charge in [0.15, 0.2) is 0 Å². The number of hydrogen-bond donors (Lipinski definition) is 1. The van der Waals surface area contributed by atoms with E-state index in [2.05, 4.69) is 5.32 Å². The second-order valence-corrected chi connectivity index (χ2v) is 7.36. The van der Waals surface area contributed by atoms with Gasteiger partial charge in [-0.25, -0.2) is 4.79 Å². The molecule has 1 aliphatic rings. The van der Waals surface area contributed by atoms with E-state index < -0.39 is 30.0 Å². The lowest BCUT2D eigenvalue weighted by Crippen LogP contribution is -2.44. The van der Waals surface area contributed by atoms with Gasteiger partial charge in [-0.1, -0.05) is 54.1 Å². The Hall–Kier alpha value is -2.86. The highest BCUT2D eigenvalue weighted by Gasteiger charge is 2.48. The van der Waals surface area contributed by atoms with Crippen LogP contribution >= 0.6 is 11.6 Å². The van der Waals surface area contributed by atoms with Crippen molar-refractivity contribution in [1.82, 2.24) is 10.2 Å². The minimum atomic E-state index is -1.04. The van der Waals surface area contributed by atoms with Gasteiger partial charge < -0.3 is 10.1 Å². The van der Waals surface area contributed by atoms with Gasteiger partial charge in [-0.05, 0) is 43.0 Å². The second kappa shape index (κ2) is 8.44. The maximum absolute atomic E-state index is 12.7. The highest BCUT2D eigenvalue weighted by Crippen LogP contribution is 2.23. The molecule has 1 aliphatic heterocycles. The minimum Gasteiger partial charge on any atom is -0.459 e. The number of carbonyl (C=O) groups is 3. The standard InChI is InChI=1S/C21H21ClN2O4/c1-21(12-11-15-5-3-2-4-6-15)19(26)24(20(27)23-21)13-18(25)28-14-16-7-9-17(22)10-8-16/h2-10H,11-14H2,1H3,(H,23,27)/t21-/m0/s1. The predicted molar refractivity (Wildman–Crippen MR) is 105 cm³/mol. The fourth-order valence-electron chi connectivity index (χ4n) is 3.02. The first-order valence-electron chi connectivity index (χ1n) is 8.95. The van der Waals surface area contributed by atoms with Gasteiger partial charge in [0, 0.05) is 5.02 Å². The van der Waals surface area contributed by atoms with E-state index in [1.54, 1.807) is 31.2 Å². The Morgan fingerprint density at radius 1 is 1.07 bits per heavy atom. The molecular weight excluding hydrogens is 380 g/mol. The Morgan fingerprint density at radius 2 is 1.75 bits per heavy atom. The molecule has 7 heteroatoms. The third kappa shape index (κ3) is 4.70. The summed E-state index contributed by atoms with van der Waals surface area (Å²) in [5, 5.41) is 3.29. The van der Waals surface area contributed by atoms with Gasteiger partial charge >= 0.3 is 12.0 Å². The Bertz CT molecular complexity index is 870. The normalized spacial score (nSPS) is 18.9. The van der Waals surface area contributed by atoms with Crippen molar-refractivity contribution < 1.29 is 19.1 Å². The number of benzene rings is 2. The molecule has 0 radical (unpaired) electrons. The van der Waals surface area contributed by atoms with Crippen molar-refractivity contribution in [1.29, 1.82) is 0 Å². The zero-order valence-corrected chi connectivity index (χ0v) is 16.2. The number of halogens is 1. The highest BCUT2D eigenvalue weighted by molar-refractivity contribution is 6.30. The van der Waals surface area contributed by atoms with Crippen molar-refractivity contribution >= 4 is 29.5 Å². The van der Waals surface area contributed by atoms with Gasteiger partial charge in [0.05, 0.1) is 0 Å². The molecule has 0 aliphatic carbocycles. The van der Waals surface area contributed by atoms with Gasteiger partial charge in [0.25, 0.3) is 5.91 Å². The zero-order chi connectivity index (χ0) is 20.1. The largest absolute Gasteiger partial charge is 0.459 e. The zero-order valence-electron chi connectivity index (χ0n) is 15.5. The number of hydrogen-bond acceptors (Lipinski definition) is 4. The number of esters is 1. The van der Waals surface area contributed by atoms with Crippen LogP contribution in [0.4, 0.5) is 4.79 Å². The molecule has 2 aromatic rings. The summed E-state index contributed by atoms with van der Waals surface area (Å²) in [6.07, 6.45) is 1.08. The van der Waals surface area contributed by atoms with E-state index >= 15 is 0 Å². The molecule has 2 aromatic carbocycles. The summed E-state index contributed by atoms with van der Waals surface area (Å²) in [5.74, 6) is -1.07. The Balaban J connectivity index is 1.55. The lowest BCUT2D eigenvalue weighted by molar-refractivity contribution is -0.148. The number of amides is 3. The molecule has 6 nitrogen and oxygen atoms in total. The molecule has 146 valence electrons. The molecule has 0 unspecified atom stereocenters. The van der Waals surface area contributed by atoms with Crippen LogP contribution in [0.2, 0.25) is 5.02 Å². The van der Waals surface area contributed by atoms with Gasteiger partial charge in [0.2, 0.25) is 0 Å². The number of aryl methyl sites for hydroxylation is 1. The van der Waals surface area contributed by atoms with E-state index in [1.807, 2.05) is 30.3 Å². The molecule has 1 heterocycles. The van der Waals surface area contributed by atoms with Crippen LogP contribution in [-0.4, -0.2) is 34.9 Å². The van der Waals surface area contributed by atoms with Crippen molar-refractivity contribution in [2.45, 2.75) is 31.9 Å². The fraction of sp³-hybridized carbons (Fsp3) is 0.286. The summed E-state index contributed by atoms with van der Waals surface area (Å²) in [6.45, 7) is 1.30. The van der Waals surface area contributed by atoms with Crippen LogP contribution in [-0.2, 0) is 27.4 Å². The number of nitrogens with zero attached hydrogens (tertiary/aromatic N) is 1. The van der Waals surface area contributed by atoms with Crippen molar-refractivity contribution in [2.24, 2.45) is 0 Å². The minimum absolute atomic E-state index is 0.0466. The van der Waals surface area contributed by atoms with Crippen LogP contribution in [0.15, 0.2) is 54.6 Å². The molecule has 28 heavy (non-hydrogen) atoms. The summed E-state index contributed by atoms with van der Waals surface area (Å²) in [6, 6.07) is 16.0. The number of ether oxygens (including phenoxy) is 1. The summed E-state index contributed by atoms with van der Waals surface area (Å²) in [5.41, 5.74) is 0.804. The number of urea groups is 1. The van der Waals surface area contributed by atoms with E-state index in [0.717, 1.165) is 16.0 Å². The van der Waals surface area contributed by atoms with Crippen molar-refractivity contribution in [3.05, 3.63) is 70.7 Å². The van der Waals surface area contributed by atoms with Crippen LogP contribution in [0.5, 0.6) is 0 Å². The summed E-state index contributed by atoms with van der Waals surface area (Å²) in [4.78, 5) is 38.0. The van der Waals surface area contributed by atoms with Crippen molar-refractivity contribution in [3.8, 4) is 0 Å². The van der Waals surface area contributed by atoms with Gasteiger partial charge in [-0.2, -0.15) is 0 Å². The van der Waals surface area contributed by atoms with Gasteiger partial charge in [-0.15, -0.1) is 0 Å². The predicted octanol–water partition coefficient (Wildman–Crippen LogP) is 3.33. The van der Waals surface area contributed by atoms with Crippen molar-refractivity contribution in [3.63, 3.8) is 0 Å². The molecule has 1 fully saturated rings. The average molecular weight is 401 g/mol. The lowest BCUT2D eigenvalue weighted by atomic mass is 9.93. The molecular formula is C21H21ClN2O4. The molecule has 0 saturated carbocycles. The smallest absolute Gasteiger partial charge is 0.326 e. The highest BCUT2D eigenvalue weighted by atomic mass is 35.5. The molecule has 1 N–H and O–H groups in total. The number of rotatable bonds is 7. The SMILES string of the molecule is C[C@@]1(CCc2ccccc2)NC(=O)N(CC(=O)OCc2ccc(Cl)cc2)C1=O. The quantitative estimate of drug-likeness (QED) is 0.571. The third-order valence-corrected chi connectivity index (χ3v) is 4.95. The molecule has 1 saturated heterocycles. The fourth-order valence-corrected chi connectivity index (χ4v) is 3.14. The average Bonchev–Trinajstić information content (AvgIpc) is 2.90. The van der Waals surface area contributed by atoms with Gasteiger partial charge in [0.1, 0.15) is 18.7 Å². The summed E-state index contributed by atoms with van der Waals surface area (Å²) in [7, 11) is 0. The lowest BCUT2D eigenvalue weighted by Gasteiger charge is -2.21. The first kappa shape index (κ1) is 19.9. The maximum Gasteiger partial charge on any atom is 0.326 e. The molecule has 0 spiro atoms. The van der Waals surface area contributed by atoms with E-state index in [-0.39, 0.29) is 6.61 Å². The van der Waals surface area contributed by atoms with E-state index in [1.165, 1.54) is 0 Å². The third-order valence-electron chi connectivity index (χ3n) is 4.70. The Labute approximate surface area is 168 Å². The molecule has 0 bridgehead atoms. The van der Waals surface area contributed by atoms with Crippen LogP contribution in [0, 0.1) is 0 Å². The Morgan fingerprint density at radius 3 is 2.43 bits per heavy atom.